The van der Waals surface area contributed by atoms with E-state index < -0.39 is 49.8 Å². The Morgan fingerprint density at radius 1 is 1.25 bits per heavy atom. The van der Waals surface area contributed by atoms with Crippen LogP contribution in [0.3, 0.4) is 0 Å². The lowest BCUT2D eigenvalue weighted by Crippen LogP contribution is -2.27. The van der Waals surface area contributed by atoms with Crippen LogP contribution in [-0.4, -0.2) is 26.6 Å². The summed E-state index contributed by atoms with van der Waals surface area (Å²) in [5, 5.41) is 0. The zero-order chi connectivity index (χ0) is 15.1. The number of nitrogens with zero attached hydrogens (tertiary/aromatic N) is 1. The van der Waals surface area contributed by atoms with Crippen molar-refractivity contribution in [2.24, 2.45) is 5.92 Å². The number of halogens is 4. The van der Waals surface area contributed by atoms with Gasteiger partial charge in [-0.05, 0) is 0 Å². The number of benzene rings is 1. The Bertz CT molecular complexity index is 642. The molecule has 4 nitrogen and oxygen atoms in total. The highest BCUT2D eigenvalue weighted by molar-refractivity contribution is 8.13. The van der Waals surface area contributed by atoms with Crippen molar-refractivity contribution in [3.63, 3.8) is 0 Å². The highest BCUT2D eigenvalue weighted by atomic mass is 35.7. The second kappa shape index (κ2) is 5.25. The fourth-order valence-corrected chi connectivity index (χ4v) is 3.50. The van der Waals surface area contributed by atoms with Crippen molar-refractivity contribution in [1.82, 2.24) is 0 Å². The molecular formula is C11H9ClF3NO3S. The fourth-order valence-electron chi connectivity index (χ4n) is 2.18. The van der Waals surface area contributed by atoms with Gasteiger partial charge in [0.05, 0.1) is 5.75 Å². The van der Waals surface area contributed by atoms with E-state index in [1.165, 1.54) is 0 Å². The van der Waals surface area contributed by atoms with E-state index in [2.05, 4.69) is 0 Å². The average Bonchev–Trinajstić information content (AvgIpc) is 2.55. The third-order valence-corrected chi connectivity index (χ3v) is 4.14. The molecular weight excluding hydrogens is 319 g/mol. The Kier molecular flexibility index (Phi) is 3.97. The van der Waals surface area contributed by atoms with Gasteiger partial charge < -0.3 is 4.90 Å². The van der Waals surface area contributed by atoms with E-state index in [0.717, 1.165) is 4.90 Å². The molecule has 0 aliphatic carbocycles. The second-order valence-electron chi connectivity index (χ2n) is 4.50. The lowest BCUT2D eigenvalue weighted by molar-refractivity contribution is -0.117. The Balaban J connectivity index is 2.29. The highest BCUT2D eigenvalue weighted by Crippen LogP contribution is 2.31. The smallest absolute Gasteiger partial charge is 0.232 e. The summed E-state index contributed by atoms with van der Waals surface area (Å²) >= 11 is 0. The zero-order valence-electron chi connectivity index (χ0n) is 9.95. The van der Waals surface area contributed by atoms with Crippen molar-refractivity contribution in [3.8, 4) is 0 Å². The molecule has 0 spiro atoms. The molecule has 0 saturated carbocycles. The Hall–Kier alpha value is -1.28. The molecule has 1 aromatic rings. The zero-order valence-corrected chi connectivity index (χ0v) is 11.5. The van der Waals surface area contributed by atoms with Crippen LogP contribution in [0.1, 0.15) is 6.42 Å². The van der Waals surface area contributed by atoms with Gasteiger partial charge in [-0.3, -0.25) is 4.79 Å². The third kappa shape index (κ3) is 3.24. The highest BCUT2D eigenvalue weighted by Gasteiger charge is 2.35. The first kappa shape index (κ1) is 15.1. The van der Waals surface area contributed by atoms with Crippen molar-refractivity contribution < 1.29 is 26.4 Å². The van der Waals surface area contributed by atoms with Crippen LogP contribution in [-0.2, 0) is 13.8 Å². The molecule has 110 valence electrons. The van der Waals surface area contributed by atoms with Crippen LogP contribution in [0.4, 0.5) is 18.9 Å². The van der Waals surface area contributed by atoms with E-state index in [-0.39, 0.29) is 13.0 Å². The predicted molar refractivity (Wildman–Crippen MR) is 66.4 cm³/mol. The predicted octanol–water partition coefficient (Wildman–Crippen LogP) is 2.03. The maximum Gasteiger partial charge on any atom is 0.232 e. The molecule has 0 radical (unpaired) electrons. The molecule has 1 aromatic carbocycles. The number of hydrogen-bond acceptors (Lipinski definition) is 3. The Morgan fingerprint density at radius 3 is 2.30 bits per heavy atom. The fraction of sp³-hybridized carbons (Fsp3) is 0.364. The van der Waals surface area contributed by atoms with Gasteiger partial charge in [0.2, 0.25) is 15.0 Å². The summed E-state index contributed by atoms with van der Waals surface area (Å²) in [7, 11) is 1.26. The summed E-state index contributed by atoms with van der Waals surface area (Å²) < 4.78 is 61.9. The van der Waals surface area contributed by atoms with Crippen LogP contribution in [0.15, 0.2) is 12.1 Å². The molecule has 1 atom stereocenters. The normalized spacial score (nSPS) is 19.7. The summed E-state index contributed by atoms with van der Waals surface area (Å²) in [5.41, 5.74) is -0.675. The van der Waals surface area contributed by atoms with Gasteiger partial charge in [0.15, 0.2) is 11.6 Å². The largest absolute Gasteiger partial charge is 0.307 e. The molecule has 1 amide bonds. The molecule has 1 saturated heterocycles. The van der Waals surface area contributed by atoms with Gasteiger partial charge in [-0.2, -0.15) is 0 Å². The minimum absolute atomic E-state index is 0.190. The van der Waals surface area contributed by atoms with Crippen molar-refractivity contribution in [2.75, 3.05) is 17.2 Å². The van der Waals surface area contributed by atoms with Gasteiger partial charge in [0.1, 0.15) is 11.5 Å². The quantitative estimate of drug-likeness (QED) is 0.798. The SMILES string of the molecule is O=C1CC(CS(=O)(=O)Cl)CN1c1c(F)cc(F)cc1F. The lowest BCUT2D eigenvalue weighted by Gasteiger charge is -2.18. The first-order valence-corrected chi connectivity index (χ1v) is 8.02. The van der Waals surface area contributed by atoms with Gasteiger partial charge in [0.25, 0.3) is 0 Å². The minimum Gasteiger partial charge on any atom is -0.307 e. The number of hydrogen-bond donors (Lipinski definition) is 0. The van der Waals surface area contributed by atoms with Crippen LogP contribution in [0.5, 0.6) is 0 Å². The summed E-state index contributed by atoms with van der Waals surface area (Å²) in [6, 6.07) is 0.911. The van der Waals surface area contributed by atoms with Crippen molar-refractivity contribution in [3.05, 3.63) is 29.6 Å². The molecule has 1 aliphatic rings. The van der Waals surface area contributed by atoms with Crippen LogP contribution in [0.2, 0.25) is 0 Å². The van der Waals surface area contributed by atoms with Crippen molar-refractivity contribution in [2.45, 2.75) is 6.42 Å². The van der Waals surface area contributed by atoms with Crippen LogP contribution in [0.25, 0.3) is 0 Å². The number of carbonyl (C=O) groups is 1. The second-order valence-corrected chi connectivity index (χ2v) is 7.32. The summed E-state index contributed by atoms with van der Waals surface area (Å²) in [4.78, 5) is 12.5. The van der Waals surface area contributed by atoms with Crippen LogP contribution >= 0.6 is 10.7 Å². The first-order chi connectivity index (χ1) is 9.17. The molecule has 1 unspecified atom stereocenters. The minimum atomic E-state index is -3.82. The van der Waals surface area contributed by atoms with Gasteiger partial charge in [-0.15, -0.1) is 0 Å². The van der Waals surface area contributed by atoms with Gasteiger partial charge in [-0.1, -0.05) is 0 Å². The third-order valence-electron chi connectivity index (χ3n) is 2.89. The molecule has 1 aliphatic heterocycles. The Morgan fingerprint density at radius 2 is 1.80 bits per heavy atom. The van der Waals surface area contributed by atoms with Gasteiger partial charge in [0, 0.05) is 41.7 Å². The maximum atomic E-state index is 13.6. The monoisotopic (exact) mass is 327 g/mol. The van der Waals surface area contributed by atoms with E-state index >= 15 is 0 Å². The van der Waals surface area contributed by atoms with E-state index in [1.807, 2.05) is 0 Å². The number of rotatable bonds is 3. The van der Waals surface area contributed by atoms with E-state index in [4.69, 9.17) is 10.7 Å². The first-order valence-electron chi connectivity index (χ1n) is 5.54. The molecule has 0 bridgehead atoms. The number of amides is 1. The lowest BCUT2D eigenvalue weighted by atomic mass is 10.1. The van der Waals surface area contributed by atoms with E-state index in [1.54, 1.807) is 0 Å². The van der Waals surface area contributed by atoms with Crippen molar-refractivity contribution in [1.29, 1.82) is 0 Å². The molecule has 1 fully saturated rings. The maximum absolute atomic E-state index is 13.6. The van der Waals surface area contributed by atoms with E-state index in [9.17, 15) is 26.4 Å². The molecule has 0 aromatic heterocycles. The topological polar surface area (TPSA) is 54.5 Å². The molecule has 20 heavy (non-hydrogen) atoms. The standard InChI is InChI=1S/C11H9ClF3NO3S/c12-20(18,19)5-6-1-10(17)16(4-6)11-8(14)2-7(13)3-9(11)15/h2-3,6H,1,4-5H2. The molecule has 2 rings (SSSR count). The van der Waals surface area contributed by atoms with Gasteiger partial charge in [-0.25, -0.2) is 21.6 Å². The summed E-state index contributed by atoms with van der Waals surface area (Å²) in [6.07, 6.45) is -0.192. The van der Waals surface area contributed by atoms with Crippen LogP contribution in [0, 0.1) is 23.4 Å². The van der Waals surface area contributed by atoms with Gasteiger partial charge >= 0.3 is 0 Å². The van der Waals surface area contributed by atoms with E-state index in [0.29, 0.717) is 12.1 Å². The number of anilines is 1. The molecule has 9 heteroatoms. The molecule has 0 N–H and O–H groups in total. The molecule has 1 heterocycles. The average molecular weight is 328 g/mol. The Labute approximate surface area is 117 Å². The summed E-state index contributed by atoms with van der Waals surface area (Å²) in [5.74, 6) is -5.30. The number of carbonyl (C=O) groups excluding carboxylic acids is 1. The van der Waals surface area contributed by atoms with Crippen LogP contribution < -0.4 is 4.90 Å². The summed E-state index contributed by atoms with van der Waals surface area (Å²) in [6.45, 7) is -0.190. The van der Waals surface area contributed by atoms with Crippen molar-refractivity contribution >= 4 is 31.3 Å².